The second-order valence-corrected chi connectivity index (χ2v) is 3.48. The van der Waals surface area contributed by atoms with E-state index >= 15 is 0 Å². The minimum Gasteiger partial charge on any atom is -0.382 e. The SMILES string of the molecule is COCCOCOC(NC(N)=O)c1ccccc1. The van der Waals surface area contributed by atoms with Crippen LogP contribution in [0, 0.1) is 0 Å². The molecule has 0 aliphatic carbocycles. The van der Waals surface area contributed by atoms with E-state index in [-0.39, 0.29) is 6.79 Å². The molecule has 100 valence electrons. The first kappa shape index (κ1) is 14.4. The van der Waals surface area contributed by atoms with Gasteiger partial charge in [-0.15, -0.1) is 0 Å². The molecule has 1 rings (SSSR count). The molecule has 0 aliphatic heterocycles. The van der Waals surface area contributed by atoms with Crippen LogP contribution in [0.2, 0.25) is 0 Å². The molecule has 3 N–H and O–H groups in total. The van der Waals surface area contributed by atoms with Crippen molar-refractivity contribution in [3.63, 3.8) is 0 Å². The van der Waals surface area contributed by atoms with Gasteiger partial charge in [0.15, 0.2) is 6.23 Å². The van der Waals surface area contributed by atoms with Crippen LogP contribution in [0.4, 0.5) is 4.79 Å². The molecule has 0 radical (unpaired) electrons. The maximum atomic E-state index is 10.9. The van der Waals surface area contributed by atoms with Crippen LogP contribution in [0.25, 0.3) is 0 Å². The Labute approximate surface area is 106 Å². The van der Waals surface area contributed by atoms with E-state index in [2.05, 4.69) is 5.32 Å². The summed E-state index contributed by atoms with van der Waals surface area (Å²) in [7, 11) is 1.59. The highest BCUT2D eigenvalue weighted by molar-refractivity contribution is 5.72. The number of primary amides is 1. The smallest absolute Gasteiger partial charge is 0.314 e. The second-order valence-electron chi connectivity index (χ2n) is 3.48. The van der Waals surface area contributed by atoms with Crippen molar-refractivity contribution in [2.24, 2.45) is 5.73 Å². The summed E-state index contributed by atoms with van der Waals surface area (Å²) in [4.78, 5) is 10.9. The normalized spacial score (nSPS) is 12.1. The molecule has 0 aromatic heterocycles. The first-order chi connectivity index (χ1) is 8.74. The first-order valence-electron chi connectivity index (χ1n) is 5.53. The standard InChI is InChI=1S/C12H18N2O4/c1-16-7-8-17-9-18-11(14-12(13)15)10-5-3-2-4-6-10/h2-6,11H,7-9H2,1H3,(H3,13,14,15). The van der Waals surface area contributed by atoms with Crippen LogP contribution >= 0.6 is 0 Å². The summed E-state index contributed by atoms with van der Waals surface area (Å²) in [5.74, 6) is 0. The summed E-state index contributed by atoms with van der Waals surface area (Å²) in [6.07, 6.45) is -0.619. The van der Waals surface area contributed by atoms with Crippen molar-refractivity contribution < 1.29 is 19.0 Å². The molecule has 1 atom stereocenters. The van der Waals surface area contributed by atoms with Crippen molar-refractivity contribution in [3.8, 4) is 0 Å². The summed E-state index contributed by atoms with van der Waals surface area (Å²) in [6.45, 7) is 0.959. The predicted octanol–water partition coefficient (Wildman–Crippen LogP) is 0.991. The lowest BCUT2D eigenvalue weighted by molar-refractivity contribution is -0.104. The van der Waals surface area contributed by atoms with Crippen molar-refractivity contribution >= 4 is 6.03 Å². The van der Waals surface area contributed by atoms with Crippen molar-refractivity contribution in [2.45, 2.75) is 6.23 Å². The molecular formula is C12H18N2O4. The van der Waals surface area contributed by atoms with E-state index in [4.69, 9.17) is 19.9 Å². The Hall–Kier alpha value is -1.63. The molecule has 0 aliphatic rings. The fourth-order valence-corrected chi connectivity index (χ4v) is 1.30. The number of benzene rings is 1. The molecule has 1 aromatic carbocycles. The second kappa shape index (κ2) is 8.46. The minimum absolute atomic E-state index is 0.0448. The maximum absolute atomic E-state index is 10.9. The molecule has 0 spiro atoms. The minimum atomic E-state index is -0.652. The number of nitrogens with two attached hydrogens (primary N) is 1. The topological polar surface area (TPSA) is 82.8 Å². The van der Waals surface area contributed by atoms with E-state index in [1.165, 1.54) is 0 Å². The van der Waals surface area contributed by atoms with Crippen LogP contribution in [-0.2, 0) is 14.2 Å². The fourth-order valence-electron chi connectivity index (χ4n) is 1.30. The Morgan fingerprint density at radius 1 is 1.33 bits per heavy atom. The number of amides is 2. The Morgan fingerprint density at radius 3 is 2.67 bits per heavy atom. The summed E-state index contributed by atoms with van der Waals surface area (Å²) in [5, 5.41) is 2.49. The number of nitrogens with one attached hydrogen (secondary N) is 1. The number of carbonyl (C=O) groups excluding carboxylic acids is 1. The zero-order valence-corrected chi connectivity index (χ0v) is 10.3. The quantitative estimate of drug-likeness (QED) is 0.535. The van der Waals surface area contributed by atoms with E-state index in [1.807, 2.05) is 30.3 Å². The van der Waals surface area contributed by atoms with Gasteiger partial charge in [-0.05, 0) is 0 Å². The van der Waals surface area contributed by atoms with Gasteiger partial charge in [0.1, 0.15) is 6.79 Å². The van der Waals surface area contributed by atoms with E-state index in [0.717, 1.165) is 5.56 Å². The van der Waals surface area contributed by atoms with Gasteiger partial charge < -0.3 is 25.3 Å². The number of carbonyl (C=O) groups is 1. The third-order valence-electron chi connectivity index (χ3n) is 2.13. The van der Waals surface area contributed by atoms with Crippen LogP contribution in [0.3, 0.4) is 0 Å². The van der Waals surface area contributed by atoms with Gasteiger partial charge in [-0.1, -0.05) is 30.3 Å². The van der Waals surface area contributed by atoms with Crippen molar-refractivity contribution in [1.29, 1.82) is 0 Å². The van der Waals surface area contributed by atoms with Crippen molar-refractivity contribution in [2.75, 3.05) is 27.1 Å². The van der Waals surface area contributed by atoms with Gasteiger partial charge in [-0.3, -0.25) is 0 Å². The molecule has 2 amide bonds. The van der Waals surface area contributed by atoms with Crippen molar-refractivity contribution in [1.82, 2.24) is 5.32 Å². The molecule has 0 saturated carbocycles. The Bertz CT molecular complexity index is 345. The number of ether oxygens (including phenoxy) is 3. The third-order valence-corrected chi connectivity index (χ3v) is 2.13. The highest BCUT2D eigenvalue weighted by Crippen LogP contribution is 2.13. The van der Waals surface area contributed by atoms with E-state index in [9.17, 15) is 4.79 Å². The van der Waals surface area contributed by atoms with Crippen molar-refractivity contribution in [3.05, 3.63) is 35.9 Å². The highest BCUT2D eigenvalue weighted by Gasteiger charge is 2.12. The molecule has 6 heteroatoms. The molecule has 0 bridgehead atoms. The van der Waals surface area contributed by atoms with Crippen LogP contribution in [0.5, 0.6) is 0 Å². The van der Waals surface area contributed by atoms with Gasteiger partial charge in [-0.25, -0.2) is 4.79 Å². The lowest BCUT2D eigenvalue weighted by atomic mass is 10.2. The van der Waals surface area contributed by atoms with Crippen LogP contribution in [0.15, 0.2) is 30.3 Å². The molecule has 1 unspecified atom stereocenters. The summed E-state index contributed by atoms with van der Waals surface area (Å²) >= 11 is 0. The monoisotopic (exact) mass is 254 g/mol. The first-order valence-corrected chi connectivity index (χ1v) is 5.53. The summed E-state index contributed by atoms with van der Waals surface area (Å²) in [5.41, 5.74) is 5.89. The molecule has 1 aromatic rings. The van der Waals surface area contributed by atoms with Crippen LogP contribution in [0.1, 0.15) is 11.8 Å². The van der Waals surface area contributed by atoms with E-state index < -0.39 is 12.3 Å². The van der Waals surface area contributed by atoms with Gasteiger partial charge in [0, 0.05) is 12.7 Å². The molecule has 18 heavy (non-hydrogen) atoms. The number of hydrogen-bond donors (Lipinski definition) is 2. The largest absolute Gasteiger partial charge is 0.382 e. The average Bonchev–Trinajstić information content (AvgIpc) is 2.38. The van der Waals surface area contributed by atoms with Gasteiger partial charge in [0.05, 0.1) is 13.2 Å². The van der Waals surface area contributed by atoms with E-state index in [0.29, 0.717) is 13.2 Å². The molecule has 0 heterocycles. The maximum Gasteiger partial charge on any atom is 0.314 e. The van der Waals surface area contributed by atoms with E-state index in [1.54, 1.807) is 7.11 Å². The predicted molar refractivity (Wildman–Crippen MR) is 65.7 cm³/mol. The fraction of sp³-hybridized carbons (Fsp3) is 0.417. The third kappa shape index (κ3) is 5.62. The zero-order chi connectivity index (χ0) is 13.2. The number of methoxy groups -OCH3 is 1. The van der Waals surface area contributed by atoms with Gasteiger partial charge in [0.25, 0.3) is 0 Å². The highest BCUT2D eigenvalue weighted by atomic mass is 16.7. The van der Waals surface area contributed by atoms with Crippen LogP contribution < -0.4 is 11.1 Å². The Morgan fingerprint density at radius 2 is 2.06 bits per heavy atom. The van der Waals surface area contributed by atoms with Gasteiger partial charge >= 0.3 is 6.03 Å². The Kier molecular flexibility index (Phi) is 6.78. The molecular weight excluding hydrogens is 236 g/mol. The number of urea groups is 1. The number of rotatable bonds is 8. The Balaban J connectivity index is 2.44. The lowest BCUT2D eigenvalue weighted by Gasteiger charge is -2.18. The van der Waals surface area contributed by atoms with Gasteiger partial charge in [0.2, 0.25) is 0 Å². The zero-order valence-electron chi connectivity index (χ0n) is 10.3. The molecule has 0 fully saturated rings. The molecule has 0 saturated heterocycles. The lowest BCUT2D eigenvalue weighted by Crippen LogP contribution is -2.35. The number of hydrogen-bond acceptors (Lipinski definition) is 4. The summed E-state index contributed by atoms with van der Waals surface area (Å²) in [6, 6.07) is 8.58. The average molecular weight is 254 g/mol. The molecule has 6 nitrogen and oxygen atoms in total. The summed E-state index contributed by atoms with van der Waals surface area (Å²) < 4.78 is 15.4. The van der Waals surface area contributed by atoms with Gasteiger partial charge in [-0.2, -0.15) is 0 Å². The van der Waals surface area contributed by atoms with Crippen LogP contribution in [-0.4, -0.2) is 33.1 Å².